The van der Waals surface area contributed by atoms with Crippen LogP contribution in [-0.4, -0.2) is 27.2 Å². The molecule has 5 nitrogen and oxygen atoms in total. The summed E-state index contributed by atoms with van der Waals surface area (Å²) in [5.74, 6) is -2.43. The monoisotopic (exact) mass is 294 g/mol. The molecule has 0 saturated carbocycles. The summed E-state index contributed by atoms with van der Waals surface area (Å²) >= 11 is 0. The number of amides is 1. The van der Waals surface area contributed by atoms with Gasteiger partial charge in [-0.15, -0.1) is 0 Å². The van der Waals surface area contributed by atoms with Crippen molar-refractivity contribution in [2.24, 2.45) is 0 Å². The van der Waals surface area contributed by atoms with E-state index in [-0.39, 0.29) is 0 Å². The molecule has 1 amide bonds. The highest BCUT2D eigenvalue weighted by atomic mass is 19.1. The predicted octanol–water partition coefficient (Wildman–Crippen LogP) is 1.99. The molecule has 0 radical (unpaired) electrons. The lowest BCUT2D eigenvalue weighted by atomic mass is 10.3. The van der Waals surface area contributed by atoms with Gasteiger partial charge in [0.2, 0.25) is 0 Å². The quantitative estimate of drug-likeness (QED) is 0.858. The fourth-order valence-electron chi connectivity index (χ4n) is 2.00. The van der Waals surface area contributed by atoms with Gasteiger partial charge in [-0.1, -0.05) is 0 Å². The van der Waals surface area contributed by atoms with E-state index in [0.717, 1.165) is 17.6 Å². The molecule has 0 unspecified atom stereocenters. The van der Waals surface area contributed by atoms with Gasteiger partial charge >= 0.3 is 0 Å². The van der Waals surface area contributed by atoms with Crippen molar-refractivity contribution in [3.63, 3.8) is 0 Å². The number of aromatic nitrogens is 3. The van der Waals surface area contributed by atoms with Crippen LogP contribution >= 0.6 is 0 Å². The van der Waals surface area contributed by atoms with Gasteiger partial charge in [-0.05, 0) is 26.3 Å². The summed E-state index contributed by atoms with van der Waals surface area (Å²) in [5.41, 5.74) is 1.58. The minimum absolute atomic E-state index is 0.357. The second kappa shape index (κ2) is 6.43. The second-order valence-corrected chi connectivity index (χ2v) is 4.74. The molecule has 0 aliphatic heterocycles. The van der Waals surface area contributed by atoms with Crippen LogP contribution in [0.2, 0.25) is 0 Å². The largest absolute Gasteiger partial charge is 0.351 e. The summed E-state index contributed by atoms with van der Waals surface area (Å²) < 4.78 is 27.9. The Morgan fingerprint density at radius 1 is 1.33 bits per heavy atom. The Hall–Kier alpha value is -2.31. The van der Waals surface area contributed by atoms with Gasteiger partial charge in [0.25, 0.3) is 5.91 Å². The molecule has 0 atom stereocenters. The van der Waals surface area contributed by atoms with Crippen LogP contribution in [0, 0.1) is 25.5 Å². The molecule has 2 heterocycles. The highest BCUT2D eigenvalue weighted by Gasteiger charge is 2.13. The van der Waals surface area contributed by atoms with Gasteiger partial charge in [-0.25, -0.2) is 13.8 Å². The molecule has 1 N–H and O–H groups in total. The van der Waals surface area contributed by atoms with E-state index in [4.69, 9.17) is 0 Å². The molecular weight excluding hydrogens is 278 g/mol. The smallest absolute Gasteiger partial charge is 0.272 e. The Kier molecular flexibility index (Phi) is 4.62. The van der Waals surface area contributed by atoms with Gasteiger partial charge in [-0.2, -0.15) is 5.10 Å². The van der Waals surface area contributed by atoms with E-state index in [1.807, 2.05) is 24.6 Å². The van der Waals surface area contributed by atoms with Crippen molar-refractivity contribution >= 4 is 5.91 Å². The number of pyridine rings is 1. The summed E-state index contributed by atoms with van der Waals surface area (Å²) in [6.45, 7) is 4.87. The molecule has 21 heavy (non-hydrogen) atoms. The third-order valence-electron chi connectivity index (χ3n) is 2.96. The van der Waals surface area contributed by atoms with Gasteiger partial charge in [0.15, 0.2) is 11.5 Å². The summed E-state index contributed by atoms with van der Waals surface area (Å²) in [4.78, 5) is 15.2. The lowest BCUT2D eigenvalue weighted by molar-refractivity contribution is 0.0943. The molecule has 2 rings (SSSR count). The van der Waals surface area contributed by atoms with Crippen molar-refractivity contribution < 1.29 is 13.6 Å². The first-order valence-corrected chi connectivity index (χ1v) is 6.57. The van der Waals surface area contributed by atoms with E-state index in [2.05, 4.69) is 15.4 Å². The zero-order chi connectivity index (χ0) is 15.4. The zero-order valence-electron chi connectivity index (χ0n) is 11.9. The van der Waals surface area contributed by atoms with Crippen LogP contribution in [0.5, 0.6) is 0 Å². The maximum absolute atomic E-state index is 13.4. The SMILES string of the molecule is Cc1cc(C)n(CCCNC(=O)c2ncc(F)cc2F)n1. The number of aryl methyl sites for hydroxylation is 3. The Bertz CT molecular complexity index is 654. The number of nitrogens with zero attached hydrogens (tertiary/aromatic N) is 3. The van der Waals surface area contributed by atoms with E-state index in [1.165, 1.54) is 0 Å². The van der Waals surface area contributed by atoms with E-state index in [9.17, 15) is 13.6 Å². The first-order valence-electron chi connectivity index (χ1n) is 6.57. The molecule has 0 aliphatic rings. The van der Waals surface area contributed by atoms with E-state index >= 15 is 0 Å². The topological polar surface area (TPSA) is 59.8 Å². The maximum atomic E-state index is 13.4. The predicted molar refractivity (Wildman–Crippen MR) is 72.8 cm³/mol. The van der Waals surface area contributed by atoms with Crippen LogP contribution in [0.25, 0.3) is 0 Å². The number of nitrogens with one attached hydrogen (secondary N) is 1. The van der Waals surface area contributed by atoms with Gasteiger partial charge in [0.05, 0.1) is 11.9 Å². The van der Waals surface area contributed by atoms with E-state index in [0.29, 0.717) is 25.6 Å². The van der Waals surface area contributed by atoms with Gasteiger partial charge in [0, 0.05) is 24.8 Å². The summed E-state index contributed by atoms with van der Waals surface area (Å²) in [6, 6.07) is 2.61. The zero-order valence-corrected chi connectivity index (χ0v) is 11.9. The van der Waals surface area contributed by atoms with Crippen LogP contribution < -0.4 is 5.32 Å². The van der Waals surface area contributed by atoms with Gasteiger partial charge in [-0.3, -0.25) is 9.48 Å². The Morgan fingerprint density at radius 3 is 2.71 bits per heavy atom. The number of halogens is 2. The highest BCUT2D eigenvalue weighted by molar-refractivity contribution is 5.92. The molecule has 0 saturated heterocycles. The third kappa shape index (κ3) is 3.84. The normalized spacial score (nSPS) is 10.7. The average molecular weight is 294 g/mol. The molecule has 0 fully saturated rings. The van der Waals surface area contributed by atoms with Crippen molar-refractivity contribution in [2.45, 2.75) is 26.8 Å². The molecule has 2 aromatic heterocycles. The van der Waals surface area contributed by atoms with Crippen LogP contribution in [0.1, 0.15) is 28.3 Å². The fraction of sp³-hybridized carbons (Fsp3) is 0.357. The lowest BCUT2D eigenvalue weighted by Crippen LogP contribution is -2.27. The molecule has 112 valence electrons. The minimum atomic E-state index is -0.967. The first-order chi connectivity index (χ1) is 9.97. The van der Waals surface area contributed by atoms with Crippen molar-refractivity contribution in [3.05, 3.63) is 47.0 Å². The molecule has 2 aromatic rings. The van der Waals surface area contributed by atoms with Crippen LogP contribution in [0.4, 0.5) is 8.78 Å². The lowest BCUT2D eigenvalue weighted by Gasteiger charge is -2.07. The Morgan fingerprint density at radius 2 is 2.10 bits per heavy atom. The molecule has 0 spiro atoms. The average Bonchev–Trinajstić information content (AvgIpc) is 2.73. The van der Waals surface area contributed by atoms with Gasteiger partial charge in [0.1, 0.15) is 5.82 Å². The number of hydrogen-bond acceptors (Lipinski definition) is 3. The number of carbonyl (C=O) groups excluding carboxylic acids is 1. The molecule has 0 aromatic carbocycles. The summed E-state index contributed by atoms with van der Waals surface area (Å²) in [7, 11) is 0. The molecule has 7 heteroatoms. The van der Waals surface area contributed by atoms with Crippen molar-refractivity contribution in [1.82, 2.24) is 20.1 Å². The van der Waals surface area contributed by atoms with E-state index < -0.39 is 23.2 Å². The Labute approximate surface area is 121 Å². The maximum Gasteiger partial charge on any atom is 0.272 e. The number of hydrogen-bond donors (Lipinski definition) is 1. The third-order valence-corrected chi connectivity index (χ3v) is 2.96. The van der Waals surface area contributed by atoms with Crippen LogP contribution in [-0.2, 0) is 6.54 Å². The molecular formula is C14H16F2N4O. The highest BCUT2D eigenvalue weighted by Crippen LogP contribution is 2.06. The van der Waals surface area contributed by atoms with Crippen molar-refractivity contribution in [2.75, 3.05) is 6.54 Å². The Balaban J connectivity index is 1.83. The van der Waals surface area contributed by atoms with Crippen molar-refractivity contribution in [3.8, 4) is 0 Å². The standard InChI is InChI=1S/C14H16F2N4O/c1-9-6-10(2)20(19-9)5-3-4-17-14(21)13-12(16)7-11(15)8-18-13/h6-8H,3-5H2,1-2H3,(H,17,21). The summed E-state index contributed by atoms with van der Waals surface area (Å²) in [6.07, 6.45) is 1.46. The van der Waals surface area contributed by atoms with Crippen LogP contribution in [0.3, 0.4) is 0 Å². The second-order valence-electron chi connectivity index (χ2n) is 4.74. The van der Waals surface area contributed by atoms with Gasteiger partial charge < -0.3 is 5.32 Å². The molecule has 0 aliphatic carbocycles. The molecule has 0 bridgehead atoms. The van der Waals surface area contributed by atoms with Crippen molar-refractivity contribution in [1.29, 1.82) is 0 Å². The van der Waals surface area contributed by atoms with E-state index in [1.54, 1.807) is 0 Å². The number of rotatable bonds is 5. The number of carbonyl (C=O) groups is 1. The first kappa shape index (κ1) is 15.1. The summed E-state index contributed by atoms with van der Waals surface area (Å²) in [5, 5.41) is 6.85. The van der Waals surface area contributed by atoms with Crippen LogP contribution in [0.15, 0.2) is 18.3 Å². The fourth-order valence-corrected chi connectivity index (χ4v) is 2.00. The minimum Gasteiger partial charge on any atom is -0.351 e.